The van der Waals surface area contributed by atoms with E-state index >= 15 is 0 Å². The molecule has 0 unspecified atom stereocenters. The van der Waals surface area contributed by atoms with Gasteiger partial charge in [-0.3, -0.25) is 10.1 Å². The first-order chi connectivity index (χ1) is 16.1. The maximum atomic E-state index is 10.9. The lowest BCUT2D eigenvalue weighted by molar-refractivity contribution is -0.384. The van der Waals surface area contributed by atoms with Gasteiger partial charge in [-0.1, -0.05) is 0 Å². The standard InChI is InChI=1S/C24H23N7O2/c1-3-30(4-2)21-11-9-20(10-12-21)27-26-18-5-7-19(8-6-18)28-29-24-16-17-15-22(31(32)33)13-14-23(17)25-24/h5-15H,3-4,16H2,1-2H3. The number of benzene rings is 3. The fourth-order valence-corrected chi connectivity index (χ4v) is 3.48. The minimum absolute atomic E-state index is 0.0479. The molecule has 33 heavy (non-hydrogen) atoms. The van der Waals surface area contributed by atoms with Crippen LogP contribution in [-0.4, -0.2) is 23.8 Å². The number of nitrogens with zero attached hydrogens (tertiary/aromatic N) is 7. The molecule has 0 aromatic heterocycles. The molecule has 0 aliphatic carbocycles. The van der Waals surface area contributed by atoms with E-state index in [-0.39, 0.29) is 5.69 Å². The first kappa shape index (κ1) is 21.9. The maximum Gasteiger partial charge on any atom is 0.269 e. The van der Waals surface area contributed by atoms with Crippen molar-refractivity contribution in [2.24, 2.45) is 25.4 Å². The number of non-ortho nitro benzene ring substituents is 1. The summed E-state index contributed by atoms with van der Waals surface area (Å²) in [7, 11) is 0. The topological polar surface area (TPSA) is 108 Å². The van der Waals surface area contributed by atoms with Gasteiger partial charge in [0.25, 0.3) is 5.69 Å². The van der Waals surface area contributed by atoms with Crippen LogP contribution < -0.4 is 4.90 Å². The third-order valence-corrected chi connectivity index (χ3v) is 5.26. The van der Waals surface area contributed by atoms with Crippen LogP contribution >= 0.6 is 0 Å². The molecular weight excluding hydrogens is 418 g/mol. The Balaban J connectivity index is 1.37. The van der Waals surface area contributed by atoms with Gasteiger partial charge in [0.2, 0.25) is 0 Å². The summed E-state index contributed by atoms with van der Waals surface area (Å²) >= 11 is 0. The highest BCUT2D eigenvalue weighted by atomic mass is 16.6. The van der Waals surface area contributed by atoms with Gasteiger partial charge >= 0.3 is 0 Å². The highest BCUT2D eigenvalue weighted by Gasteiger charge is 2.18. The molecule has 1 heterocycles. The number of anilines is 1. The molecule has 0 atom stereocenters. The summed E-state index contributed by atoms with van der Waals surface area (Å²) in [5.74, 6) is 0.516. The van der Waals surface area contributed by atoms with Crippen LogP contribution in [0.5, 0.6) is 0 Å². The zero-order valence-electron chi connectivity index (χ0n) is 18.4. The van der Waals surface area contributed by atoms with Gasteiger partial charge < -0.3 is 4.90 Å². The number of nitro benzene ring substituents is 1. The molecule has 0 N–H and O–H groups in total. The predicted molar refractivity (Wildman–Crippen MR) is 129 cm³/mol. The number of fused-ring (bicyclic) bond motifs is 1. The number of hydrogen-bond acceptors (Lipinski definition) is 8. The summed E-state index contributed by atoms with van der Waals surface area (Å²) in [4.78, 5) is 17.1. The van der Waals surface area contributed by atoms with Crippen LogP contribution in [0.4, 0.5) is 34.1 Å². The summed E-state index contributed by atoms with van der Waals surface area (Å²) in [5, 5.41) is 27.9. The Hall–Kier alpha value is -4.27. The monoisotopic (exact) mass is 441 g/mol. The minimum atomic E-state index is -0.417. The van der Waals surface area contributed by atoms with Crippen LogP contribution in [-0.2, 0) is 6.42 Å². The van der Waals surface area contributed by atoms with Gasteiger partial charge in [-0.15, -0.1) is 10.2 Å². The molecule has 0 spiro atoms. The van der Waals surface area contributed by atoms with E-state index in [1.165, 1.54) is 17.8 Å². The summed E-state index contributed by atoms with van der Waals surface area (Å²) in [6.45, 7) is 6.19. The molecular formula is C24H23N7O2. The average molecular weight is 441 g/mol. The molecule has 0 radical (unpaired) electrons. The Morgan fingerprint density at radius 3 is 1.94 bits per heavy atom. The Morgan fingerprint density at radius 2 is 1.39 bits per heavy atom. The van der Waals surface area contributed by atoms with Crippen LogP contribution in [0, 0.1) is 10.1 Å². The molecule has 166 valence electrons. The van der Waals surface area contributed by atoms with E-state index in [1.54, 1.807) is 18.2 Å². The molecule has 3 aromatic carbocycles. The molecule has 9 heteroatoms. The van der Waals surface area contributed by atoms with E-state index < -0.39 is 4.92 Å². The quantitative estimate of drug-likeness (QED) is 0.219. The lowest BCUT2D eigenvalue weighted by Gasteiger charge is -2.20. The fourth-order valence-electron chi connectivity index (χ4n) is 3.48. The van der Waals surface area contributed by atoms with Crippen molar-refractivity contribution in [1.29, 1.82) is 0 Å². The molecule has 9 nitrogen and oxygen atoms in total. The zero-order chi connectivity index (χ0) is 23.2. The normalized spacial score (nSPS) is 12.8. The highest BCUT2D eigenvalue weighted by Crippen LogP contribution is 2.31. The van der Waals surface area contributed by atoms with Crippen molar-refractivity contribution in [2.75, 3.05) is 18.0 Å². The average Bonchev–Trinajstić information content (AvgIpc) is 3.26. The van der Waals surface area contributed by atoms with Gasteiger partial charge in [0, 0.05) is 37.3 Å². The number of amidine groups is 1. The van der Waals surface area contributed by atoms with Crippen molar-refractivity contribution in [3.05, 3.63) is 82.4 Å². The van der Waals surface area contributed by atoms with E-state index in [0.29, 0.717) is 29.3 Å². The molecule has 0 bridgehead atoms. The summed E-state index contributed by atoms with van der Waals surface area (Å²) < 4.78 is 0. The molecule has 0 saturated carbocycles. The molecule has 0 saturated heterocycles. The van der Waals surface area contributed by atoms with Crippen LogP contribution in [0.3, 0.4) is 0 Å². The highest BCUT2D eigenvalue weighted by molar-refractivity contribution is 5.93. The molecule has 3 aromatic rings. The van der Waals surface area contributed by atoms with E-state index in [2.05, 4.69) is 44.2 Å². The first-order valence-corrected chi connectivity index (χ1v) is 10.7. The van der Waals surface area contributed by atoms with Crippen LogP contribution in [0.2, 0.25) is 0 Å². The lowest BCUT2D eigenvalue weighted by Crippen LogP contribution is -2.21. The van der Waals surface area contributed by atoms with Crippen molar-refractivity contribution in [1.82, 2.24) is 0 Å². The van der Waals surface area contributed by atoms with Gasteiger partial charge in [-0.2, -0.15) is 10.2 Å². The second-order valence-electron chi connectivity index (χ2n) is 7.38. The largest absolute Gasteiger partial charge is 0.372 e. The Bertz CT molecular complexity index is 1230. The van der Waals surface area contributed by atoms with E-state index in [9.17, 15) is 10.1 Å². The molecule has 4 rings (SSSR count). The number of aliphatic imine (C=N–C) groups is 1. The van der Waals surface area contributed by atoms with Gasteiger partial charge in [0.15, 0.2) is 5.84 Å². The van der Waals surface area contributed by atoms with E-state index in [4.69, 9.17) is 0 Å². The molecule has 0 amide bonds. The summed E-state index contributed by atoms with van der Waals surface area (Å²) in [6.07, 6.45) is 0.417. The van der Waals surface area contributed by atoms with Crippen molar-refractivity contribution in [3.8, 4) is 0 Å². The molecule has 1 aliphatic heterocycles. The smallest absolute Gasteiger partial charge is 0.269 e. The number of hydrogen-bond donors (Lipinski definition) is 0. The summed E-state index contributed by atoms with van der Waals surface area (Å²) in [5.41, 5.74) is 4.83. The van der Waals surface area contributed by atoms with Crippen molar-refractivity contribution < 1.29 is 4.92 Å². The first-order valence-electron chi connectivity index (χ1n) is 10.7. The van der Waals surface area contributed by atoms with Crippen LogP contribution in [0.15, 0.2) is 92.2 Å². The van der Waals surface area contributed by atoms with Crippen LogP contribution in [0.1, 0.15) is 19.4 Å². The van der Waals surface area contributed by atoms with Gasteiger partial charge in [-0.05, 0) is 74.0 Å². The van der Waals surface area contributed by atoms with Crippen molar-refractivity contribution in [2.45, 2.75) is 20.3 Å². The minimum Gasteiger partial charge on any atom is -0.372 e. The van der Waals surface area contributed by atoms with Gasteiger partial charge in [0.05, 0.1) is 27.7 Å². The van der Waals surface area contributed by atoms with Crippen molar-refractivity contribution >= 4 is 40.0 Å². The third kappa shape index (κ3) is 5.32. The Labute approximate surface area is 191 Å². The van der Waals surface area contributed by atoms with Gasteiger partial charge in [0.1, 0.15) is 0 Å². The fraction of sp³-hybridized carbons (Fsp3) is 0.208. The Kier molecular flexibility index (Phi) is 6.58. The maximum absolute atomic E-state index is 10.9. The van der Waals surface area contributed by atoms with Gasteiger partial charge in [-0.25, -0.2) is 4.99 Å². The van der Waals surface area contributed by atoms with E-state index in [1.807, 2.05) is 36.4 Å². The number of azo groups is 2. The summed E-state index contributed by atoms with van der Waals surface area (Å²) in [6, 6.07) is 19.8. The number of nitro groups is 1. The predicted octanol–water partition coefficient (Wildman–Crippen LogP) is 7.23. The number of rotatable bonds is 7. The molecule has 1 aliphatic rings. The Morgan fingerprint density at radius 1 is 0.848 bits per heavy atom. The zero-order valence-corrected chi connectivity index (χ0v) is 18.4. The second kappa shape index (κ2) is 9.90. The molecule has 0 fully saturated rings. The second-order valence-corrected chi connectivity index (χ2v) is 7.38. The third-order valence-electron chi connectivity index (χ3n) is 5.26. The van der Waals surface area contributed by atoms with Crippen LogP contribution in [0.25, 0.3) is 0 Å². The van der Waals surface area contributed by atoms with Crippen molar-refractivity contribution in [3.63, 3.8) is 0 Å². The van der Waals surface area contributed by atoms with E-state index in [0.717, 1.165) is 24.3 Å². The lowest BCUT2D eigenvalue weighted by atomic mass is 10.1. The SMILES string of the molecule is CCN(CC)c1ccc(N=Nc2ccc(N=NC3=Nc4ccc([N+](=O)[O-])cc4C3)cc2)cc1.